The maximum absolute atomic E-state index is 13.0. The normalized spacial score (nSPS) is 14.8. The van der Waals surface area contributed by atoms with Crippen molar-refractivity contribution in [1.82, 2.24) is 14.9 Å². The molecule has 0 radical (unpaired) electrons. The zero-order valence-corrected chi connectivity index (χ0v) is 18.3. The van der Waals surface area contributed by atoms with Gasteiger partial charge in [0.25, 0.3) is 0 Å². The topological polar surface area (TPSA) is 61.5 Å². The lowest BCUT2D eigenvalue weighted by Crippen LogP contribution is -2.49. The van der Waals surface area contributed by atoms with Crippen LogP contribution in [0, 0.1) is 0 Å². The molecule has 0 aliphatic carbocycles. The van der Waals surface area contributed by atoms with E-state index in [9.17, 15) is 18.0 Å². The number of hydrogen-bond donors (Lipinski definition) is 1. The van der Waals surface area contributed by atoms with Gasteiger partial charge in [-0.2, -0.15) is 13.2 Å². The molecule has 2 aromatic carbocycles. The first-order valence-corrected chi connectivity index (χ1v) is 11.3. The summed E-state index contributed by atoms with van der Waals surface area (Å²) in [6.45, 7) is 4.41. The number of ether oxygens (including phenoxy) is 1. The van der Waals surface area contributed by atoms with Crippen LogP contribution in [-0.4, -0.2) is 59.3 Å². The number of halogens is 3. The first-order valence-electron chi connectivity index (χ1n) is 10.3. The minimum absolute atomic E-state index is 0.0193. The Balaban J connectivity index is 1.31. The number of hydrogen-bond acceptors (Lipinski definition) is 5. The van der Waals surface area contributed by atoms with Gasteiger partial charge < -0.3 is 19.5 Å². The number of aromatic amines is 1. The molecule has 1 fully saturated rings. The number of carbonyl (C=O) groups is 1. The number of thioether (sulfide) groups is 1. The van der Waals surface area contributed by atoms with Crippen molar-refractivity contribution in [3.05, 3.63) is 48.0 Å². The fourth-order valence-electron chi connectivity index (χ4n) is 3.60. The van der Waals surface area contributed by atoms with Gasteiger partial charge in [-0.15, -0.1) is 0 Å². The van der Waals surface area contributed by atoms with Crippen LogP contribution in [0.1, 0.15) is 12.5 Å². The molecule has 0 bridgehead atoms. The number of carbonyl (C=O) groups excluding carboxylic acids is 1. The Hall–Kier alpha value is -2.88. The van der Waals surface area contributed by atoms with Gasteiger partial charge in [-0.3, -0.25) is 4.79 Å². The van der Waals surface area contributed by atoms with Crippen molar-refractivity contribution in [1.29, 1.82) is 0 Å². The smallest absolute Gasteiger partial charge is 0.416 e. The first kappa shape index (κ1) is 22.3. The van der Waals surface area contributed by atoms with E-state index in [1.54, 1.807) is 11.0 Å². The largest absolute Gasteiger partial charge is 0.494 e. The summed E-state index contributed by atoms with van der Waals surface area (Å²) in [5.41, 5.74) is 1.51. The van der Waals surface area contributed by atoms with E-state index in [0.29, 0.717) is 43.6 Å². The number of H-pyrrole nitrogens is 1. The second-order valence-corrected chi connectivity index (χ2v) is 8.32. The summed E-state index contributed by atoms with van der Waals surface area (Å²) < 4.78 is 44.4. The molecule has 0 saturated carbocycles. The number of nitrogens with zero attached hydrogens (tertiary/aromatic N) is 3. The molecular formula is C22H23F3N4O2S. The highest BCUT2D eigenvalue weighted by Gasteiger charge is 2.31. The van der Waals surface area contributed by atoms with Crippen LogP contribution in [0.4, 0.5) is 18.9 Å². The number of imidazole rings is 1. The van der Waals surface area contributed by atoms with Crippen molar-refractivity contribution >= 4 is 34.4 Å². The van der Waals surface area contributed by atoms with E-state index in [2.05, 4.69) is 9.97 Å². The highest BCUT2D eigenvalue weighted by Crippen LogP contribution is 2.32. The van der Waals surface area contributed by atoms with Crippen molar-refractivity contribution in [2.24, 2.45) is 0 Å². The molecule has 4 rings (SSSR count). The van der Waals surface area contributed by atoms with Gasteiger partial charge in [-0.05, 0) is 37.3 Å². The lowest BCUT2D eigenvalue weighted by Gasteiger charge is -2.36. The third kappa shape index (κ3) is 5.12. The van der Waals surface area contributed by atoms with Gasteiger partial charge in [0.05, 0.1) is 29.0 Å². The molecule has 2 heterocycles. The molecule has 3 aromatic rings. The van der Waals surface area contributed by atoms with E-state index in [1.165, 1.54) is 17.8 Å². The maximum Gasteiger partial charge on any atom is 0.416 e. The summed E-state index contributed by atoms with van der Waals surface area (Å²) in [5.74, 6) is 0.978. The van der Waals surface area contributed by atoms with E-state index in [1.807, 2.05) is 30.0 Å². The SMILES string of the molecule is CCOc1ccc2nc(SCC(=O)N3CCN(c4cccc(C(F)(F)F)c4)CC3)[nH]c2c1. The van der Waals surface area contributed by atoms with Crippen LogP contribution in [0.25, 0.3) is 11.0 Å². The van der Waals surface area contributed by atoms with Crippen LogP contribution in [0.5, 0.6) is 5.75 Å². The molecule has 1 N–H and O–H groups in total. The van der Waals surface area contributed by atoms with Crippen LogP contribution in [-0.2, 0) is 11.0 Å². The van der Waals surface area contributed by atoms with Crippen molar-refractivity contribution in [3.63, 3.8) is 0 Å². The number of rotatable bonds is 6. The lowest BCUT2D eigenvalue weighted by molar-refractivity contribution is -0.137. The molecule has 6 nitrogen and oxygen atoms in total. The average molecular weight is 465 g/mol. The number of fused-ring (bicyclic) bond motifs is 1. The Kier molecular flexibility index (Phi) is 6.50. The fraction of sp³-hybridized carbons (Fsp3) is 0.364. The summed E-state index contributed by atoms with van der Waals surface area (Å²) in [4.78, 5) is 23.9. The molecule has 1 amide bonds. The van der Waals surface area contributed by atoms with E-state index < -0.39 is 11.7 Å². The molecule has 170 valence electrons. The molecule has 32 heavy (non-hydrogen) atoms. The van der Waals surface area contributed by atoms with Crippen molar-refractivity contribution in [2.75, 3.05) is 43.4 Å². The van der Waals surface area contributed by atoms with Gasteiger partial charge in [0.2, 0.25) is 5.91 Å². The molecule has 1 aliphatic heterocycles. The van der Waals surface area contributed by atoms with Gasteiger partial charge in [0.15, 0.2) is 5.16 Å². The summed E-state index contributed by atoms with van der Waals surface area (Å²) in [5, 5.41) is 0.657. The third-order valence-corrected chi connectivity index (χ3v) is 6.10. The van der Waals surface area contributed by atoms with Crippen molar-refractivity contribution in [2.45, 2.75) is 18.3 Å². The number of alkyl halides is 3. The number of aromatic nitrogens is 2. The lowest BCUT2D eigenvalue weighted by atomic mass is 10.1. The summed E-state index contributed by atoms with van der Waals surface area (Å²) in [6.07, 6.45) is -4.37. The van der Waals surface area contributed by atoms with Gasteiger partial charge in [-0.1, -0.05) is 17.8 Å². The van der Waals surface area contributed by atoms with Crippen LogP contribution < -0.4 is 9.64 Å². The number of piperazine rings is 1. The highest BCUT2D eigenvalue weighted by molar-refractivity contribution is 7.99. The second-order valence-electron chi connectivity index (χ2n) is 7.36. The van der Waals surface area contributed by atoms with Crippen molar-refractivity contribution in [3.8, 4) is 5.75 Å². The van der Waals surface area contributed by atoms with E-state index >= 15 is 0 Å². The third-order valence-electron chi connectivity index (χ3n) is 5.25. The van der Waals surface area contributed by atoms with Crippen LogP contribution in [0.2, 0.25) is 0 Å². The van der Waals surface area contributed by atoms with Crippen LogP contribution >= 0.6 is 11.8 Å². The Morgan fingerprint density at radius 1 is 1.16 bits per heavy atom. The van der Waals surface area contributed by atoms with Gasteiger partial charge in [0, 0.05) is 37.9 Å². The molecule has 0 unspecified atom stereocenters. The maximum atomic E-state index is 13.0. The molecule has 1 aromatic heterocycles. The fourth-order valence-corrected chi connectivity index (χ4v) is 4.39. The van der Waals surface area contributed by atoms with Crippen LogP contribution in [0.15, 0.2) is 47.6 Å². The minimum atomic E-state index is -4.37. The predicted octanol–water partition coefficient (Wildman–Crippen LogP) is 4.42. The summed E-state index contributed by atoms with van der Waals surface area (Å²) in [6, 6.07) is 10.9. The zero-order valence-electron chi connectivity index (χ0n) is 17.5. The average Bonchev–Trinajstić information content (AvgIpc) is 3.19. The second kappa shape index (κ2) is 9.32. The standard InChI is InChI=1S/C22H23F3N4O2S/c1-2-31-17-6-7-18-19(13-17)27-21(26-18)32-14-20(30)29-10-8-28(9-11-29)16-5-3-4-15(12-16)22(23,24)25/h3-7,12-13H,2,8-11,14H2,1H3,(H,26,27). The number of anilines is 1. The monoisotopic (exact) mass is 464 g/mol. The highest BCUT2D eigenvalue weighted by atomic mass is 32.2. The van der Waals surface area contributed by atoms with E-state index in [-0.39, 0.29) is 11.7 Å². The number of nitrogens with one attached hydrogen (secondary N) is 1. The predicted molar refractivity (Wildman–Crippen MR) is 118 cm³/mol. The summed E-state index contributed by atoms with van der Waals surface area (Å²) >= 11 is 1.33. The van der Waals surface area contributed by atoms with Gasteiger partial charge >= 0.3 is 6.18 Å². The Labute approximate surface area is 187 Å². The molecule has 1 saturated heterocycles. The molecule has 10 heteroatoms. The first-order chi connectivity index (χ1) is 15.3. The Bertz CT molecular complexity index is 1090. The molecular weight excluding hydrogens is 441 g/mol. The quantitative estimate of drug-likeness (QED) is 0.548. The minimum Gasteiger partial charge on any atom is -0.494 e. The van der Waals surface area contributed by atoms with E-state index in [4.69, 9.17) is 4.74 Å². The molecule has 0 spiro atoms. The van der Waals surface area contributed by atoms with Gasteiger partial charge in [-0.25, -0.2) is 4.98 Å². The van der Waals surface area contributed by atoms with Crippen molar-refractivity contribution < 1.29 is 22.7 Å². The number of benzene rings is 2. The molecule has 0 atom stereocenters. The zero-order chi connectivity index (χ0) is 22.7. The Morgan fingerprint density at radius 2 is 1.94 bits per heavy atom. The Morgan fingerprint density at radius 3 is 2.66 bits per heavy atom. The summed E-state index contributed by atoms with van der Waals surface area (Å²) in [7, 11) is 0. The van der Waals surface area contributed by atoms with Gasteiger partial charge in [0.1, 0.15) is 5.75 Å². The molecule has 1 aliphatic rings. The van der Waals surface area contributed by atoms with E-state index in [0.717, 1.165) is 28.9 Å². The number of amides is 1. The van der Waals surface area contributed by atoms with Crippen LogP contribution in [0.3, 0.4) is 0 Å².